The number of hydrogen-bond acceptors (Lipinski definition) is 3. The van der Waals surface area contributed by atoms with E-state index in [4.69, 9.17) is 4.74 Å². The van der Waals surface area contributed by atoms with E-state index in [9.17, 15) is 9.59 Å². The standard InChI is InChI=1S/C18H22N2O3/c1-13-10-14(2)20-18(22)16(13)11-19-17(21)8-9-23-12-15-6-4-3-5-7-15/h3-7,10H,8-9,11-12H2,1-2H3,(H,19,21)(H,20,22). The van der Waals surface area contributed by atoms with E-state index < -0.39 is 0 Å². The molecule has 0 saturated carbocycles. The number of benzene rings is 1. The number of carbonyl (C=O) groups is 1. The maximum absolute atomic E-state index is 11.9. The number of nitrogens with one attached hydrogen (secondary N) is 2. The van der Waals surface area contributed by atoms with Crippen molar-refractivity contribution in [2.45, 2.75) is 33.4 Å². The molecule has 122 valence electrons. The molecule has 5 nitrogen and oxygen atoms in total. The van der Waals surface area contributed by atoms with Crippen LogP contribution in [0, 0.1) is 13.8 Å². The van der Waals surface area contributed by atoms with E-state index in [1.807, 2.05) is 50.2 Å². The van der Waals surface area contributed by atoms with Gasteiger partial charge in [0.25, 0.3) is 5.56 Å². The van der Waals surface area contributed by atoms with Crippen molar-refractivity contribution in [3.05, 3.63) is 69.1 Å². The molecular weight excluding hydrogens is 292 g/mol. The highest BCUT2D eigenvalue weighted by molar-refractivity contribution is 5.75. The zero-order valence-electron chi connectivity index (χ0n) is 13.5. The molecule has 23 heavy (non-hydrogen) atoms. The molecule has 0 fully saturated rings. The largest absolute Gasteiger partial charge is 0.376 e. The summed E-state index contributed by atoms with van der Waals surface area (Å²) in [6, 6.07) is 11.7. The summed E-state index contributed by atoms with van der Waals surface area (Å²) in [7, 11) is 0. The summed E-state index contributed by atoms with van der Waals surface area (Å²) in [5.74, 6) is -0.127. The van der Waals surface area contributed by atoms with Gasteiger partial charge in [0.05, 0.1) is 13.2 Å². The Morgan fingerprint density at radius 2 is 1.96 bits per heavy atom. The molecule has 0 aliphatic rings. The van der Waals surface area contributed by atoms with E-state index in [-0.39, 0.29) is 24.4 Å². The van der Waals surface area contributed by atoms with Crippen molar-refractivity contribution in [3.8, 4) is 0 Å². The summed E-state index contributed by atoms with van der Waals surface area (Å²) in [4.78, 5) is 26.4. The minimum Gasteiger partial charge on any atom is -0.376 e. The minimum absolute atomic E-state index is 0.127. The summed E-state index contributed by atoms with van der Waals surface area (Å²) in [6.07, 6.45) is 0.273. The number of hydrogen-bond donors (Lipinski definition) is 2. The number of aromatic nitrogens is 1. The molecule has 1 amide bonds. The fourth-order valence-corrected chi connectivity index (χ4v) is 2.31. The van der Waals surface area contributed by atoms with Gasteiger partial charge >= 0.3 is 0 Å². The van der Waals surface area contributed by atoms with Crippen LogP contribution in [0.3, 0.4) is 0 Å². The smallest absolute Gasteiger partial charge is 0.253 e. The van der Waals surface area contributed by atoms with Crippen LogP contribution in [0.1, 0.15) is 28.8 Å². The van der Waals surface area contributed by atoms with Crippen LogP contribution < -0.4 is 10.9 Å². The lowest BCUT2D eigenvalue weighted by Gasteiger charge is -2.08. The van der Waals surface area contributed by atoms with Gasteiger partial charge in [0.15, 0.2) is 0 Å². The van der Waals surface area contributed by atoms with E-state index in [0.29, 0.717) is 18.8 Å². The number of rotatable bonds is 7. The van der Waals surface area contributed by atoms with Gasteiger partial charge < -0.3 is 15.0 Å². The summed E-state index contributed by atoms with van der Waals surface area (Å²) < 4.78 is 5.48. The fourth-order valence-electron chi connectivity index (χ4n) is 2.31. The highest BCUT2D eigenvalue weighted by atomic mass is 16.5. The molecule has 0 bridgehead atoms. The molecule has 0 radical (unpaired) electrons. The van der Waals surface area contributed by atoms with Gasteiger partial charge in [-0.25, -0.2) is 0 Å². The van der Waals surface area contributed by atoms with Crippen molar-refractivity contribution in [1.29, 1.82) is 0 Å². The second kappa shape index (κ2) is 8.29. The molecule has 1 aromatic carbocycles. The predicted molar refractivity (Wildman–Crippen MR) is 89.1 cm³/mol. The lowest BCUT2D eigenvalue weighted by Crippen LogP contribution is -2.28. The quantitative estimate of drug-likeness (QED) is 0.770. The Morgan fingerprint density at radius 3 is 2.65 bits per heavy atom. The normalized spacial score (nSPS) is 10.5. The maximum Gasteiger partial charge on any atom is 0.253 e. The Kier molecular flexibility index (Phi) is 6.11. The monoisotopic (exact) mass is 314 g/mol. The highest BCUT2D eigenvalue weighted by Gasteiger charge is 2.07. The first kappa shape index (κ1) is 17.0. The van der Waals surface area contributed by atoms with Crippen LogP contribution >= 0.6 is 0 Å². The Bertz CT molecular complexity index is 708. The lowest BCUT2D eigenvalue weighted by atomic mass is 10.1. The molecule has 2 N–H and O–H groups in total. The third kappa shape index (κ3) is 5.38. The third-order valence-corrected chi connectivity index (χ3v) is 3.54. The minimum atomic E-state index is -0.150. The molecule has 0 spiro atoms. The van der Waals surface area contributed by atoms with Crippen molar-refractivity contribution >= 4 is 5.91 Å². The summed E-state index contributed by atoms with van der Waals surface area (Å²) in [5, 5.41) is 2.76. The van der Waals surface area contributed by atoms with Gasteiger partial charge in [-0.2, -0.15) is 0 Å². The molecule has 0 atom stereocenters. The maximum atomic E-state index is 11.9. The van der Waals surface area contributed by atoms with Crippen molar-refractivity contribution in [1.82, 2.24) is 10.3 Å². The van der Waals surface area contributed by atoms with Crippen LogP contribution in [-0.2, 0) is 22.7 Å². The number of aryl methyl sites for hydroxylation is 2. The van der Waals surface area contributed by atoms with Crippen molar-refractivity contribution in [3.63, 3.8) is 0 Å². The van der Waals surface area contributed by atoms with E-state index in [2.05, 4.69) is 10.3 Å². The van der Waals surface area contributed by atoms with E-state index in [1.165, 1.54) is 0 Å². The number of pyridine rings is 1. The molecule has 0 aliphatic carbocycles. The van der Waals surface area contributed by atoms with Gasteiger partial charge in [0.1, 0.15) is 0 Å². The first-order chi connectivity index (χ1) is 11.1. The zero-order chi connectivity index (χ0) is 16.7. The van der Waals surface area contributed by atoms with Crippen LogP contribution in [0.2, 0.25) is 0 Å². The zero-order valence-corrected chi connectivity index (χ0v) is 13.5. The molecule has 0 unspecified atom stereocenters. The molecule has 0 saturated heterocycles. The van der Waals surface area contributed by atoms with E-state index >= 15 is 0 Å². The number of amides is 1. The molecule has 2 aromatic rings. The fraction of sp³-hybridized carbons (Fsp3) is 0.333. The summed E-state index contributed by atoms with van der Waals surface area (Å²) in [5.41, 5.74) is 3.22. The van der Waals surface area contributed by atoms with Crippen LogP contribution in [-0.4, -0.2) is 17.5 Å². The van der Waals surface area contributed by atoms with Gasteiger partial charge in [-0.05, 0) is 31.0 Å². The van der Waals surface area contributed by atoms with Crippen LogP contribution in [0.15, 0.2) is 41.2 Å². The molecule has 0 aliphatic heterocycles. The molecule has 1 heterocycles. The average molecular weight is 314 g/mol. The van der Waals surface area contributed by atoms with E-state index in [1.54, 1.807) is 0 Å². The van der Waals surface area contributed by atoms with E-state index in [0.717, 1.165) is 16.8 Å². The Balaban J connectivity index is 1.72. The number of ether oxygens (including phenoxy) is 1. The first-order valence-electron chi connectivity index (χ1n) is 7.64. The van der Waals surface area contributed by atoms with Gasteiger partial charge in [-0.1, -0.05) is 30.3 Å². The average Bonchev–Trinajstić information content (AvgIpc) is 2.51. The first-order valence-corrected chi connectivity index (χ1v) is 7.64. The molecule has 1 aromatic heterocycles. The van der Waals surface area contributed by atoms with Crippen molar-refractivity contribution in [2.24, 2.45) is 0 Å². The predicted octanol–water partition coefficient (Wildman–Crippen LogP) is 2.21. The third-order valence-electron chi connectivity index (χ3n) is 3.54. The molecular formula is C18H22N2O3. The Morgan fingerprint density at radius 1 is 1.22 bits per heavy atom. The summed E-state index contributed by atoms with van der Waals surface area (Å²) >= 11 is 0. The highest BCUT2D eigenvalue weighted by Crippen LogP contribution is 2.03. The second-order valence-corrected chi connectivity index (χ2v) is 5.51. The van der Waals surface area contributed by atoms with Crippen LogP contribution in [0.25, 0.3) is 0 Å². The van der Waals surface area contributed by atoms with Gasteiger partial charge in [-0.15, -0.1) is 0 Å². The number of carbonyl (C=O) groups excluding carboxylic acids is 1. The topological polar surface area (TPSA) is 71.2 Å². The van der Waals surface area contributed by atoms with Gasteiger partial charge in [0, 0.05) is 24.2 Å². The lowest BCUT2D eigenvalue weighted by molar-refractivity contribution is -0.122. The molecule has 5 heteroatoms. The van der Waals surface area contributed by atoms with Crippen molar-refractivity contribution < 1.29 is 9.53 Å². The Hall–Kier alpha value is -2.40. The van der Waals surface area contributed by atoms with Gasteiger partial charge in [-0.3, -0.25) is 9.59 Å². The SMILES string of the molecule is Cc1cc(C)c(CNC(=O)CCOCc2ccccc2)c(=O)[nH]1. The number of H-pyrrole nitrogens is 1. The Labute approximate surface area is 135 Å². The second-order valence-electron chi connectivity index (χ2n) is 5.51. The van der Waals surface area contributed by atoms with Gasteiger partial charge in [0.2, 0.25) is 5.91 Å². The van der Waals surface area contributed by atoms with Crippen LogP contribution in [0.5, 0.6) is 0 Å². The molecule has 2 rings (SSSR count). The van der Waals surface area contributed by atoms with Crippen LogP contribution in [0.4, 0.5) is 0 Å². The number of aromatic amines is 1. The van der Waals surface area contributed by atoms with Crippen molar-refractivity contribution in [2.75, 3.05) is 6.61 Å². The summed E-state index contributed by atoms with van der Waals surface area (Å²) in [6.45, 7) is 4.78.